The van der Waals surface area contributed by atoms with Crippen molar-refractivity contribution in [1.82, 2.24) is 0 Å². The first-order valence-corrected chi connectivity index (χ1v) is 7.92. The van der Waals surface area contributed by atoms with Gasteiger partial charge in [-0.05, 0) is 36.2 Å². The first-order chi connectivity index (χ1) is 11.2. The minimum atomic E-state index is -0.312. The zero-order chi connectivity index (χ0) is 16.2. The topological polar surface area (TPSA) is 49.4 Å². The molecule has 2 amide bonds. The number of hydrogen-bond acceptors (Lipinski definition) is 2. The average Bonchev–Trinajstić information content (AvgIpc) is 2.98. The average molecular weight is 308 g/mol. The minimum Gasteiger partial charge on any atom is -0.326 e. The fourth-order valence-corrected chi connectivity index (χ4v) is 2.81. The highest BCUT2D eigenvalue weighted by molar-refractivity contribution is 6.03. The Balaban J connectivity index is 1.67. The standard InChI is InChI=1S/C19H20N2O2/c1-2-14-8-10-17(11-9-14)21-13-15(12-18(21)22)19(23)20-16-6-4-3-5-7-16/h3-11,15H,2,12-13H2,1H3,(H,20,23)/t15-/m1/s1. The lowest BCUT2D eigenvalue weighted by Gasteiger charge is -2.17. The summed E-state index contributed by atoms with van der Waals surface area (Å²) in [6, 6.07) is 17.3. The van der Waals surface area contributed by atoms with Crippen LogP contribution in [0, 0.1) is 5.92 Å². The molecule has 4 nitrogen and oxygen atoms in total. The van der Waals surface area contributed by atoms with E-state index in [9.17, 15) is 9.59 Å². The Morgan fingerprint density at radius 1 is 1.13 bits per heavy atom. The van der Waals surface area contributed by atoms with Crippen molar-refractivity contribution in [1.29, 1.82) is 0 Å². The SMILES string of the molecule is CCc1ccc(N2C[C@H](C(=O)Nc3ccccc3)CC2=O)cc1. The van der Waals surface area contributed by atoms with Crippen LogP contribution in [0.25, 0.3) is 0 Å². The molecule has 0 bridgehead atoms. The monoisotopic (exact) mass is 308 g/mol. The van der Waals surface area contributed by atoms with Crippen molar-refractivity contribution in [3.05, 3.63) is 60.2 Å². The molecule has 0 radical (unpaired) electrons. The molecule has 3 rings (SSSR count). The largest absolute Gasteiger partial charge is 0.326 e. The summed E-state index contributed by atoms with van der Waals surface area (Å²) in [4.78, 5) is 26.3. The Kier molecular flexibility index (Phi) is 4.42. The molecule has 2 aromatic carbocycles. The van der Waals surface area contributed by atoms with Crippen molar-refractivity contribution in [2.45, 2.75) is 19.8 Å². The third kappa shape index (κ3) is 3.42. The molecule has 1 N–H and O–H groups in total. The number of rotatable bonds is 4. The van der Waals surface area contributed by atoms with Crippen molar-refractivity contribution in [3.8, 4) is 0 Å². The molecule has 1 heterocycles. The predicted molar refractivity (Wildman–Crippen MR) is 91.4 cm³/mol. The van der Waals surface area contributed by atoms with Crippen molar-refractivity contribution < 1.29 is 9.59 Å². The predicted octanol–water partition coefficient (Wildman–Crippen LogP) is 3.24. The number of carbonyl (C=O) groups is 2. The number of hydrogen-bond donors (Lipinski definition) is 1. The van der Waals surface area contributed by atoms with Gasteiger partial charge in [-0.15, -0.1) is 0 Å². The maximum Gasteiger partial charge on any atom is 0.229 e. The second-order valence-electron chi connectivity index (χ2n) is 5.78. The van der Waals surface area contributed by atoms with Gasteiger partial charge in [-0.25, -0.2) is 0 Å². The van der Waals surface area contributed by atoms with Gasteiger partial charge in [0.25, 0.3) is 0 Å². The molecule has 1 aliphatic heterocycles. The first-order valence-electron chi connectivity index (χ1n) is 7.92. The molecular weight excluding hydrogens is 288 g/mol. The van der Waals surface area contributed by atoms with E-state index >= 15 is 0 Å². The van der Waals surface area contributed by atoms with Gasteiger partial charge in [-0.3, -0.25) is 9.59 Å². The van der Waals surface area contributed by atoms with E-state index < -0.39 is 0 Å². The lowest BCUT2D eigenvalue weighted by atomic mass is 10.1. The van der Waals surface area contributed by atoms with Gasteiger partial charge >= 0.3 is 0 Å². The van der Waals surface area contributed by atoms with Gasteiger partial charge in [0, 0.05) is 24.3 Å². The molecule has 0 aromatic heterocycles. The lowest BCUT2D eigenvalue weighted by Crippen LogP contribution is -2.28. The zero-order valence-electron chi connectivity index (χ0n) is 13.2. The molecule has 118 valence electrons. The van der Waals surface area contributed by atoms with Crippen LogP contribution in [-0.4, -0.2) is 18.4 Å². The van der Waals surface area contributed by atoms with Crippen molar-refractivity contribution in [3.63, 3.8) is 0 Å². The molecule has 0 unspecified atom stereocenters. The Bertz CT molecular complexity index is 695. The number of nitrogens with one attached hydrogen (secondary N) is 1. The van der Waals surface area contributed by atoms with Crippen LogP contribution in [0.1, 0.15) is 18.9 Å². The number of aryl methyl sites for hydroxylation is 1. The molecule has 2 aromatic rings. The first kappa shape index (κ1) is 15.3. The van der Waals surface area contributed by atoms with E-state index in [-0.39, 0.29) is 24.2 Å². The van der Waals surface area contributed by atoms with Crippen molar-refractivity contribution in [2.24, 2.45) is 5.92 Å². The van der Waals surface area contributed by atoms with E-state index in [0.717, 1.165) is 17.8 Å². The van der Waals surface area contributed by atoms with Gasteiger partial charge in [0.05, 0.1) is 5.92 Å². The summed E-state index contributed by atoms with van der Waals surface area (Å²) in [6.07, 6.45) is 1.23. The van der Waals surface area contributed by atoms with Crippen molar-refractivity contribution in [2.75, 3.05) is 16.8 Å². The quantitative estimate of drug-likeness (QED) is 0.942. The van der Waals surface area contributed by atoms with Crippen LogP contribution in [0.4, 0.5) is 11.4 Å². The van der Waals surface area contributed by atoms with Crippen LogP contribution in [0.15, 0.2) is 54.6 Å². The van der Waals surface area contributed by atoms with E-state index in [1.165, 1.54) is 5.56 Å². The Morgan fingerprint density at radius 3 is 2.48 bits per heavy atom. The fraction of sp³-hybridized carbons (Fsp3) is 0.263. The maximum absolute atomic E-state index is 12.3. The van der Waals surface area contributed by atoms with Gasteiger partial charge in [-0.2, -0.15) is 0 Å². The molecule has 0 saturated carbocycles. The van der Waals surface area contributed by atoms with Crippen LogP contribution in [-0.2, 0) is 16.0 Å². The Morgan fingerprint density at radius 2 is 1.83 bits per heavy atom. The highest BCUT2D eigenvalue weighted by atomic mass is 16.2. The second kappa shape index (κ2) is 6.65. The van der Waals surface area contributed by atoms with Crippen LogP contribution >= 0.6 is 0 Å². The Hall–Kier alpha value is -2.62. The Labute approximate surface area is 136 Å². The molecule has 1 fully saturated rings. The third-order valence-corrected chi connectivity index (χ3v) is 4.19. The summed E-state index contributed by atoms with van der Waals surface area (Å²) in [5.74, 6) is -0.409. The number of para-hydroxylation sites is 1. The van der Waals surface area contributed by atoms with Gasteiger partial charge < -0.3 is 10.2 Å². The van der Waals surface area contributed by atoms with E-state index in [0.29, 0.717) is 6.54 Å². The van der Waals surface area contributed by atoms with Crippen LogP contribution < -0.4 is 10.2 Å². The molecule has 0 spiro atoms. The number of benzene rings is 2. The third-order valence-electron chi connectivity index (χ3n) is 4.19. The zero-order valence-corrected chi connectivity index (χ0v) is 13.2. The summed E-state index contributed by atoms with van der Waals surface area (Å²) >= 11 is 0. The van der Waals surface area contributed by atoms with Gasteiger partial charge in [0.1, 0.15) is 0 Å². The number of amides is 2. The van der Waals surface area contributed by atoms with Crippen LogP contribution in [0.2, 0.25) is 0 Å². The molecule has 1 atom stereocenters. The molecule has 0 aliphatic carbocycles. The van der Waals surface area contributed by atoms with Crippen molar-refractivity contribution >= 4 is 23.2 Å². The van der Waals surface area contributed by atoms with E-state index in [4.69, 9.17) is 0 Å². The second-order valence-corrected chi connectivity index (χ2v) is 5.78. The highest BCUT2D eigenvalue weighted by Gasteiger charge is 2.35. The summed E-state index contributed by atoms with van der Waals surface area (Å²) in [7, 11) is 0. The molecule has 4 heteroatoms. The van der Waals surface area contributed by atoms with Crippen LogP contribution in [0.5, 0.6) is 0 Å². The lowest BCUT2D eigenvalue weighted by molar-refractivity contribution is -0.122. The summed E-state index contributed by atoms with van der Waals surface area (Å²) in [5, 5.41) is 2.88. The number of anilines is 2. The summed E-state index contributed by atoms with van der Waals surface area (Å²) in [6.45, 7) is 2.53. The van der Waals surface area contributed by atoms with Crippen LogP contribution in [0.3, 0.4) is 0 Å². The summed E-state index contributed by atoms with van der Waals surface area (Å²) in [5.41, 5.74) is 2.86. The van der Waals surface area contributed by atoms with E-state index in [1.807, 2.05) is 54.6 Å². The number of carbonyl (C=O) groups excluding carboxylic acids is 2. The molecule has 1 saturated heterocycles. The molecular formula is C19H20N2O2. The van der Waals surface area contributed by atoms with E-state index in [2.05, 4.69) is 12.2 Å². The molecule has 1 aliphatic rings. The molecule has 23 heavy (non-hydrogen) atoms. The maximum atomic E-state index is 12.3. The van der Waals surface area contributed by atoms with Gasteiger partial charge in [0.2, 0.25) is 11.8 Å². The fourth-order valence-electron chi connectivity index (χ4n) is 2.81. The smallest absolute Gasteiger partial charge is 0.229 e. The van der Waals surface area contributed by atoms with Gasteiger partial charge in [-0.1, -0.05) is 37.3 Å². The van der Waals surface area contributed by atoms with E-state index in [1.54, 1.807) is 4.90 Å². The highest BCUT2D eigenvalue weighted by Crippen LogP contribution is 2.26. The summed E-state index contributed by atoms with van der Waals surface area (Å²) < 4.78 is 0. The number of nitrogens with zero attached hydrogens (tertiary/aromatic N) is 1. The minimum absolute atomic E-state index is 0.00228. The van der Waals surface area contributed by atoms with Gasteiger partial charge in [0.15, 0.2) is 0 Å². The normalized spacial score (nSPS) is 17.3.